The van der Waals surface area contributed by atoms with E-state index in [9.17, 15) is 14.4 Å². The molecule has 0 aliphatic rings. The van der Waals surface area contributed by atoms with E-state index in [1.54, 1.807) is 53.4 Å². The topological polar surface area (TPSA) is 81.8 Å². The molecule has 0 radical (unpaired) electrons. The number of nitrogens with one attached hydrogen (secondary N) is 2. The summed E-state index contributed by atoms with van der Waals surface area (Å²) in [6, 6.07) is 23.7. The van der Waals surface area contributed by atoms with Crippen molar-refractivity contribution in [1.29, 1.82) is 0 Å². The van der Waals surface area contributed by atoms with Gasteiger partial charge in [0.2, 0.25) is 5.91 Å². The van der Waals surface area contributed by atoms with Crippen LogP contribution in [0.3, 0.4) is 0 Å². The summed E-state index contributed by atoms with van der Waals surface area (Å²) in [5.41, 5.74) is 3.29. The molecule has 0 saturated carbocycles. The molecule has 7 nitrogen and oxygen atoms in total. The van der Waals surface area contributed by atoms with E-state index in [-0.39, 0.29) is 24.3 Å². The number of amides is 3. The van der Waals surface area contributed by atoms with Crippen LogP contribution in [0.5, 0.6) is 0 Å². The maximum atomic E-state index is 13.0. The van der Waals surface area contributed by atoms with Crippen molar-refractivity contribution in [2.24, 2.45) is 0 Å². The Morgan fingerprint density at radius 2 is 1.38 bits per heavy atom. The summed E-state index contributed by atoms with van der Waals surface area (Å²) in [7, 11) is 0. The molecule has 0 spiro atoms. The van der Waals surface area contributed by atoms with E-state index >= 15 is 0 Å². The second-order valence-electron chi connectivity index (χ2n) is 8.74. The minimum absolute atomic E-state index is 0.0264. The summed E-state index contributed by atoms with van der Waals surface area (Å²) in [4.78, 5) is 41.9. The molecule has 0 aromatic heterocycles. The van der Waals surface area contributed by atoms with Crippen molar-refractivity contribution < 1.29 is 14.4 Å². The first-order chi connectivity index (χ1) is 18.0. The Labute approximate surface area is 219 Å². The quantitative estimate of drug-likeness (QED) is 0.336. The molecule has 0 bridgehead atoms. The summed E-state index contributed by atoms with van der Waals surface area (Å²) < 4.78 is 0. The van der Waals surface area contributed by atoms with E-state index in [4.69, 9.17) is 0 Å². The summed E-state index contributed by atoms with van der Waals surface area (Å²) in [6.07, 6.45) is 1.79. The molecule has 0 heterocycles. The molecule has 0 aliphatic heterocycles. The number of carbonyl (C=O) groups is 3. The highest BCUT2D eigenvalue weighted by atomic mass is 16.2. The molecule has 3 aromatic rings. The zero-order valence-corrected chi connectivity index (χ0v) is 21.9. The van der Waals surface area contributed by atoms with Crippen LogP contribution in [0, 0.1) is 0 Å². The van der Waals surface area contributed by atoms with Gasteiger partial charge in [-0.1, -0.05) is 38.1 Å². The second kappa shape index (κ2) is 13.8. The molecule has 3 aromatic carbocycles. The molecular formula is C30H36N4O3. The van der Waals surface area contributed by atoms with Gasteiger partial charge >= 0.3 is 0 Å². The summed E-state index contributed by atoms with van der Waals surface area (Å²) in [6.45, 7) is 8.07. The highest BCUT2D eigenvalue weighted by Gasteiger charge is 2.17. The molecule has 0 fully saturated rings. The molecule has 0 unspecified atom stereocenters. The molecule has 0 aliphatic carbocycles. The van der Waals surface area contributed by atoms with Crippen LogP contribution in [0.4, 0.5) is 17.1 Å². The van der Waals surface area contributed by atoms with Crippen LogP contribution in [-0.4, -0.2) is 48.8 Å². The average Bonchev–Trinajstić information content (AvgIpc) is 2.93. The summed E-state index contributed by atoms with van der Waals surface area (Å²) in [5, 5.41) is 5.93. The van der Waals surface area contributed by atoms with Gasteiger partial charge in [-0.25, -0.2) is 0 Å². The fourth-order valence-electron chi connectivity index (χ4n) is 4.09. The number of hydrogen-bond acceptors (Lipinski definition) is 4. The van der Waals surface area contributed by atoms with E-state index in [1.165, 1.54) is 0 Å². The summed E-state index contributed by atoms with van der Waals surface area (Å²) >= 11 is 0. The molecule has 2 N–H and O–H groups in total. The van der Waals surface area contributed by atoms with Crippen LogP contribution < -0.4 is 15.5 Å². The molecule has 0 saturated heterocycles. The Balaban J connectivity index is 1.56. The van der Waals surface area contributed by atoms with E-state index in [2.05, 4.69) is 24.5 Å². The molecule has 3 amide bonds. The maximum Gasteiger partial charge on any atom is 0.258 e. The lowest BCUT2D eigenvalue weighted by Crippen LogP contribution is -2.32. The largest absolute Gasteiger partial charge is 0.376 e. The SMILES string of the molecule is CCCN(CCC)C(=O)c1cccc(NC(=O)CNc2ccc(C(=O)N(CC)c3ccccc3)cc2)c1. The Bertz CT molecular complexity index is 1170. The van der Waals surface area contributed by atoms with Gasteiger partial charge in [0.25, 0.3) is 11.8 Å². The lowest BCUT2D eigenvalue weighted by atomic mass is 10.1. The Kier molecular flexibility index (Phi) is 10.3. The van der Waals surface area contributed by atoms with Crippen molar-refractivity contribution in [3.8, 4) is 0 Å². The Morgan fingerprint density at radius 3 is 2.00 bits per heavy atom. The monoisotopic (exact) mass is 500 g/mol. The predicted molar refractivity (Wildman–Crippen MR) is 150 cm³/mol. The lowest BCUT2D eigenvalue weighted by Gasteiger charge is -2.21. The number of rotatable bonds is 12. The van der Waals surface area contributed by atoms with Crippen LogP contribution in [0.15, 0.2) is 78.9 Å². The third-order valence-corrected chi connectivity index (χ3v) is 5.88. The minimum Gasteiger partial charge on any atom is -0.376 e. The Hall–Kier alpha value is -4.13. The van der Waals surface area contributed by atoms with E-state index < -0.39 is 0 Å². The van der Waals surface area contributed by atoms with Crippen LogP contribution in [0.2, 0.25) is 0 Å². The number of carbonyl (C=O) groups excluding carboxylic acids is 3. The predicted octanol–water partition coefficient (Wildman–Crippen LogP) is 5.67. The highest BCUT2D eigenvalue weighted by molar-refractivity contribution is 6.06. The fraction of sp³-hybridized carbons (Fsp3) is 0.300. The minimum atomic E-state index is -0.232. The van der Waals surface area contributed by atoms with Gasteiger partial charge in [-0.3, -0.25) is 14.4 Å². The molecule has 0 atom stereocenters. The average molecular weight is 501 g/mol. The first kappa shape index (κ1) is 27.5. The Morgan fingerprint density at radius 1 is 0.703 bits per heavy atom. The highest BCUT2D eigenvalue weighted by Crippen LogP contribution is 2.18. The number of benzene rings is 3. The number of anilines is 3. The van der Waals surface area contributed by atoms with Crippen molar-refractivity contribution in [1.82, 2.24) is 4.90 Å². The number of hydrogen-bond donors (Lipinski definition) is 2. The number of nitrogens with zero attached hydrogens (tertiary/aromatic N) is 2. The zero-order valence-electron chi connectivity index (χ0n) is 21.9. The van der Waals surface area contributed by atoms with Crippen molar-refractivity contribution in [3.63, 3.8) is 0 Å². The molecule has 194 valence electrons. The standard InChI is InChI=1S/C30H36N4O3/c1-4-19-33(20-5-2)29(36)24-11-10-12-26(21-24)32-28(35)22-31-25-17-15-23(16-18-25)30(37)34(6-3)27-13-8-7-9-14-27/h7-18,21,31H,4-6,19-20,22H2,1-3H3,(H,32,35). The smallest absolute Gasteiger partial charge is 0.258 e. The van der Waals surface area contributed by atoms with Crippen LogP contribution >= 0.6 is 0 Å². The molecule has 7 heteroatoms. The van der Waals surface area contributed by atoms with Gasteiger partial charge in [0.15, 0.2) is 0 Å². The molecular weight excluding hydrogens is 464 g/mol. The third-order valence-electron chi connectivity index (χ3n) is 5.88. The summed E-state index contributed by atoms with van der Waals surface area (Å²) in [5.74, 6) is -0.338. The normalized spacial score (nSPS) is 10.5. The number of para-hydroxylation sites is 1. The van der Waals surface area contributed by atoms with Crippen molar-refractivity contribution in [3.05, 3.63) is 90.0 Å². The fourth-order valence-corrected chi connectivity index (χ4v) is 4.09. The second-order valence-corrected chi connectivity index (χ2v) is 8.74. The van der Waals surface area contributed by atoms with Gasteiger partial charge in [-0.15, -0.1) is 0 Å². The van der Waals surface area contributed by atoms with Crippen LogP contribution in [0.25, 0.3) is 0 Å². The van der Waals surface area contributed by atoms with Crippen LogP contribution in [-0.2, 0) is 4.79 Å². The van der Waals surface area contributed by atoms with Crippen molar-refractivity contribution >= 4 is 34.8 Å². The van der Waals surface area contributed by atoms with Gasteiger partial charge in [0, 0.05) is 47.8 Å². The maximum absolute atomic E-state index is 13.0. The zero-order chi connectivity index (χ0) is 26.6. The van der Waals surface area contributed by atoms with Gasteiger partial charge < -0.3 is 20.4 Å². The lowest BCUT2D eigenvalue weighted by molar-refractivity contribution is -0.114. The molecule has 3 rings (SSSR count). The van der Waals surface area contributed by atoms with E-state index in [0.29, 0.717) is 36.4 Å². The molecule has 37 heavy (non-hydrogen) atoms. The van der Waals surface area contributed by atoms with Gasteiger partial charge in [0.05, 0.1) is 6.54 Å². The first-order valence-corrected chi connectivity index (χ1v) is 12.9. The van der Waals surface area contributed by atoms with Gasteiger partial charge in [0.1, 0.15) is 0 Å². The third kappa shape index (κ3) is 7.67. The van der Waals surface area contributed by atoms with E-state index in [0.717, 1.165) is 24.2 Å². The van der Waals surface area contributed by atoms with Crippen LogP contribution in [0.1, 0.15) is 54.3 Å². The van der Waals surface area contributed by atoms with E-state index in [1.807, 2.05) is 42.2 Å². The van der Waals surface area contributed by atoms with Gasteiger partial charge in [-0.05, 0) is 74.4 Å². The van der Waals surface area contributed by atoms with Crippen molar-refractivity contribution in [2.45, 2.75) is 33.6 Å². The van der Waals surface area contributed by atoms with Crippen molar-refractivity contribution in [2.75, 3.05) is 41.7 Å². The first-order valence-electron chi connectivity index (χ1n) is 12.9. The van der Waals surface area contributed by atoms with Gasteiger partial charge in [-0.2, -0.15) is 0 Å².